The number of fused-ring (bicyclic) bond motifs is 1. The highest BCUT2D eigenvalue weighted by molar-refractivity contribution is 7.99. The van der Waals surface area contributed by atoms with Gasteiger partial charge in [-0.25, -0.2) is 4.79 Å². The molecule has 0 spiro atoms. The number of hydrogen-bond donors (Lipinski definition) is 0. The molecule has 1 aromatic heterocycles. The molecule has 3 aromatic rings. The lowest BCUT2D eigenvalue weighted by Gasteiger charge is -2.11. The van der Waals surface area contributed by atoms with Gasteiger partial charge in [0, 0.05) is 21.6 Å². The van der Waals surface area contributed by atoms with Crippen LogP contribution in [0.4, 0.5) is 13.2 Å². The number of aryl methyl sites for hydroxylation is 1. The molecule has 0 atom stereocenters. The molecule has 1 heterocycles. The van der Waals surface area contributed by atoms with Gasteiger partial charge in [0.1, 0.15) is 23.5 Å². The Hall–Kier alpha value is -2.75. The predicted molar refractivity (Wildman–Crippen MR) is 126 cm³/mol. The van der Waals surface area contributed by atoms with Crippen LogP contribution < -0.4 is 5.63 Å². The fraction of sp³-hybridized carbons (Fsp3) is 0.320. The van der Waals surface area contributed by atoms with Crippen LogP contribution in [0.3, 0.4) is 0 Å². The van der Waals surface area contributed by atoms with Crippen molar-refractivity contribution in [3.05, 3.63) is 82.2 Å². The van der Waals surface area contributed by atoms with E-state index in [-0.39, 0.29) is 16.5 Å². The average molecular weight is 495 g/mol. The fourth-order valence-corrected chi connectivity index (χ4v) is 4.02. The summed E-state index contributed by atoms with van der Waals surface area (Å²) in [7, 11) is 0. The van der Waals surface area contributed by atoms with Crippen LogP contribution in [0.15, 0.2) is 69.2 Å². The molecular formula is C25H25F3O5S. The van der Waals surface area contributed by atoms with E-state index in [1.807, 2.05) is 30.3 Å². The van der Waals surface area contributed by atoms with Gasteiger partial charge in [-0.2, -0.15) is 13.2 Å². The maximum absolute atomic E-state index is 13.1. The van der Waals surface area contributed by atoms with Crippen LogP contribution in [-0.4, -0.2) is 38.8 Å². The van der Waals surface area contributed by atoms with Crippen LogP contribution in [-0.2, 0) is 20.4 Å². The molecule has 0 unspecified atom stereocenters. The minimum absolute atomic E-state index is 0.131. The van der Waals surface area contributed by atoms with E-state index in [0.717, 1.165) is 10.5 Å². The van der Waals surface area contributed by atoms with E-state index in [9.17, 15) is 18.0 Å². The summed E-state index contributed by atoms with van der Waals surface area (Å²) in [5, 5.41) is 0.265. The van der Waals surface area contributed by atoms with Crippen LogP contribution in [0.25, 0.3) is 16.7 Å². The standard InChI is InChI=1S/C25H25F3O5S/c1-17-21-9-8-20(16-22(21)33-24(29)23(17)25(26,27)28)34-15-14-31-11-10-30-12-13-32-18(2)19-6-4-3-5-7-19/h3-9,16H,2,10-15H2,1H3. The molecule has 0 saturated carbocycles. The molecular weight excluding hydrogens is 469 g/mol. The number of alkyl halides is 3. The van der Waals surface area contributed by atoms with E-state index < -0.39 is 17.4 Å². The van der Waals surface area contributed by atoms with Crippen molar-refractivity contribution in [2.45, 2.75) is 18.0 Å². The summed E-state index contributed by atoms with van der Waals surface area (Å²) in [6, 6.07) is 14.4. The van der Waals surface area contributed by atoms with Gasteiger partial charge in [-0.05, 0) is 30.7 Å². The lowest BCUT2D eigenvalue weighted by Crippen LogP contribution is -2.20. The van der Waals surface area contributed by atoms with E-state index in [1.54, 1.807) is 12.1 Å². The molecule has 182 valence electrons. The Kier molecular flexibility index (Phi) is 9.20. The SMILES string of the molecule is C=C(OCCOCCOCCSc1ccc2c(C)c(C(F)(F)F)c(=O)oc2c1)c1ccccc1. The normalized spacial score (nSPS) is 11.6. The minimum Gasteiger partial charge on any atom is -0.491 e. The van der Waals surface area contributed by atoms with Gasteiger partial charge in [-0.15, -0.1) is 11.8 Å². The predicted octanol–water partition coefficient (Wildman–Crippen LogP) is 5.93. The molecule has 0 aliphatic rings. The summed E-state index contributed by atoms with van der Waals surface area (Å²) in [5.41, 5.74) is -1.71. The monoisotopic (exact) mass is 494 g/mol. The zero-order valence-corrected chi connectivity index (χ0v) is 19.5. The third-order valence-corrected chi connectivity index (χ3v) is 5.85. The first-order valence-electron chi connectivity index (χ1n) is 10.6. The summed E-state index contributed by atoms with van der Waals surface area (Å²) < 4.78 is 60.7. The van der Waals surface area contributed by atoms with Crippen LogP contribution in [0.2, 0.25) is 0 Å². The number of rotatable bonds is 12. The Morgan fingerprint density at radius 3 is 2.38 bits per heavy atom. The molecule has 0 aliphatic carbocycles. The molecule has 0 saturated heterocycles. The van der Waals surface area contributed by atoms with Gasteiger partial charge >= 0.3 is 11.8 Å². The summed E-state index contributed by atoms with van der Waals surface area (Å²) in [4.78, 5) is 12.6. The quantitative estimate of drug-likeness (QED) is 0.135. The van der Waals surface area contributed by atoms with Gasteiger partial charge in [-0.3, -0.25) is 0 Å². The maximum atomic E-state index is 13.1. The van der Waals surface area contributed by atoms with Gasteiger partial charge < -0.3 is 18.6 Å². The van der Waals surface area contributed by atoms with Gasteiger partial charge in [0.05, 0.1) is 26.4 Å². The molecule has 2 aromatic carbocycles. The second-order valence-corrected chi connectivity index (χ2v) is 8.42. The number of hydrogen-bond acceptors (Lipinski definition) is 6. The van der Waals surface area contributed by atoms with Crippen molar-refractivity contribution < 1.29 is 31.8 Å². The Labute approximate surface area is 199 Å². The number of benzene rings is 2. The van der Waals surface area contributed by atoms with E-state index in [4.69, 9.17) is 18.6 Å². The highest BCUT2D eigenvalue weighted by atomic mass is 32.2. The lowest BCUT2D eigenvalue weighted by atomic mass is 10.1. The smallest absolute Gasteiger partial charge is 0.423 e. The average Bonchev–Trinajstić information content (AvgIpc) is 2.79. The topological polar surface area (TPSA) is 57.9 Å². The first kappa shape index (κ1) is 25.9. The number of thioether (sulfide) groups is 1. The fourth-order valence-electron chi connectivity index (χ4n) is 3.23. The molecule has 0 aliphatic heterocycles. The molecule has 9 heteroatoms. The summed E-state index contributed by atoms with van der Waals surface area (Å²) in [6.07, 6.45) is -4.75. The maximum Gasteiger partial charge on any atom is 0.423 e. The summed E-state index contributed by atoms with van der Waals surface area (Å²) in [5.74, 6) is 1.22. The second kappa shape index (κ2) is 12.1. The highest BCUT2D eigenvalue weighted by Crippen LogP contribution is 2.33. The van der Waals surface area contributed by atoms with E-state index in [2.05, 4.69) is 6.58 Å². The Bertz CT molecular complexity index is 1160. The van der Waals surface area contributed by atoms with Crippen molar-refractivity contribution >= 4 is 28.5 Å². The molecule has 0 bridgehead atoms. The Balaban J connectivity index is 1.33. The third kappa shape index (κ3) is 7.12. The van der Waals surface area contributed by atoms with E-state index in [0.29, 0.717) is 44.5 Å². The molecule has 0 fully saturated rings. The van der Waals surface area contributed by atoms with Crippen molar-refractivity contribution in [1.29, 1.82) is 0 Å². The molecule has 3 rings (SSSR count). The lowest BCUT2D eigenvalue weighted by molar-refractivity contribution is -0.140. The van der Waals surface area contributed by atoms with Crippen LogP contribution in [0, 0.1) is 6.92 Å². The zero-order chi connectivity index (χ0) is 24.6. The number of halogens is 3. The van der Waals surface area contributed by atoms with E-state index in [1.165, 1.54) is 24.8 Å². The van der Waals surface area contributed by atoms with Crippen molar-refractivity contribution in [2.75, 3.05) is 38.8 Å². The Morgan fingerprint density at radius 1 is 1.00 bits per heavy atom. The van der Waals surface area contributed by atoms with Crippen molar-refractivity contribution in [1.82, 2.24) is 0 Å². The molecule has 0 radical (unpaired) electrons. The van der Waals surface area contributed by atoms with Crippen molar-refractivity contribution in [3.8, 4) is 0 Å². The zero-order valence-electron chi connectivity index (χ0n) is 18.7. The minimum atomic E-state index is -4.75. The van der Waals surface area contributed by atoms with Crippen LogP contribution in [0.5, 0.6) is 0 Å². The molecule has 34 heavy (non-hydrogen) atoms. The van der Waals surface area contributed by atoms with Crippen molar-refractivity contribution in [2.24, 2.45) is 0 Å². The van der Waals surface area contributed by atoms with Crippen LogP contribution >= 0.6 is 11.8 Å². The van der Waals surface area contributed by atoms with Gasteiger partial charge in [0.25, 0.3) is 0 Å². The van der Waals surface area contributed by atoms with Gasteiger partial charge in [-0.1, -0.05) is 36.9 Å². The largest absolute Gasteiger partial charge is 0.491 e. The first-order valence-corrected chi connectivity index (χ1v) is 11.6. The summed E-state index contributed by atoms with van der Waals surface area (Å²) >= 11 is 1.45. The first-order chi connectivity index (χ1) is 16.3. The van der Waals surface area contributed by atoms with Gasteiger partial charge in [0.15, 0.2) is 0 Å². The van der Waals surface area contributed by atoms with E-state index >= 15 is 0 Å². The van der Waals surface area contributed by atoms with Crippen molar-refractivity contribution in [3.63, 3.8) is 0 Å². The molecule has 0 amide bonds. The highest BCUT2D eigenvalue weighted by Gasteiger charge is 2.37. The number of ether oxygens (including phenoxy) is 3. The Morgan fingerprint density at radius 2 is 1.68 bits per heavy atom. The van der Waals surface area contributed by atoms with Crippen LogP contribution in [0.1, 0.15) is 16.7 Å². The third-order valence-electron chi connectivity index (χ3n) is 4.89. The second-order valence-electron chi connectivity index (χ2n) is 7.26. The molecule has 5 nitrogen and oxygen atoms in total. The summed E-state index contributed by atoms with van der Waals surface area (Å²) in [6.45, 7) is 7.28. The van der Waals surface area contributed by atoms with Gasteiger partial charge in [0.2, 0.25) is 0 Å². The molecule has 0 N–H and O–H groups in total.